The predicted molar refractivity (Wildman–Crippen MR) is 73.3 cm³/mol. The van der Waals surface area contributed by atoms with E-state index in [1.54, 1.807) is 6.07 Å². The molecule has 2 rings (SSSR count). The first-order chi connectivity index (χ1) is 9.60. The quantitative estimate of drug-likeness (QED) is 0.871. The highest BCUT2D eigenvalue weighted by molar-refractivity contribution is 5.69. The van der Waals surface area contributed by atoms with Crippen LogP contribution in [-0.4, -0.2) is 35.7 Å². The molecule has 0 amide bonds. The van der Waals surface area contributed by atoms with E-state index in [9.17, 15) is 9.18 Å². The number of rotatable bonds is 6. The van der Waals surface area contributed by atoms with Crippen LogP contribution in [0.3, 0.4) is 0 Å². The largest absolute Gasteiger partial charge is 0.496 e. The lowest BCUT2D eigenvalue weighted by atomic mass is 10.1. The predicted octanol–water partition coefficient (Wildman–Crippen LogP) is 2.66. The number of nitrogens with zero attached hydrogens (tertiary/aromatic N) is 1. The normalized spacial score (nSPS) is 15.8. The van der Waals surface area contributed by atoms with Gasteiger partial charge in [-0.15, -0.1) is 0 Å². The maximum Gasteiger partial charge on any atom is 0.317 e. The Balaban J connectivity index is 2.17. The number of carboxylic acids is 1. The zero-order valence-corrected chi connectivity index (χ0v) is 11.6. The lowest BCUT2D eigenvalue weighted by molar-refractivity contribution is -0.139. The number of halogens is 1. The molecule has 5 heteroatoms. The molecule has 0 aliphatic heterocycles. The summed E-state index contributed by atoms with van der Waals surface area (Å²) in [5, 5.41) is 9.06. The zero-order valence-electron chi connectivity index (χ0n) is 11.6. The maximum absolute atomic E-state index is 13.4. The molecule has 1 aliphatic carbocycles. The molecular formula is C15H20FNO3. The van der Waals surface area contributed by atoms with E-state index in [0.29, 0.717) is 17.9 Å². The Morgan fingerprint density at radius 3 is 2.75 bits per heavy atom. The van der Waals surface area contributed by atoms with Crippen molar-refractivity contribution in [3.05, 3.63) is 29.6 Å². The number of benzene rings is 1. The second kappa shape index (κ2) is 6.70. The first kappa shape index (κ1) is 14.8. The zero-order chi connectivity index (χ0) is 14.5. The molecule has 1 aliphatic rings. The Morgan fingerprint density at radius 2 is 2.15 bits per heavy atom. The Labute approximate surface area is 118 Å². The third kappa shape index (κ3) is 3.70. The lowest BCUT2D eigenvalue weighted by Crippen LogP contribution is -2.37. The van der Waals surface area contributed by atoms with Gasteiger partial charge in [0.2, 0.25) is 0 Å². The summed E-state index contributed by atoms with van der Waals surface area (Å²) in [5.41, 5.74) is 0.695. The van der Waals surface area contributed by atoms with Crippen LogP contribution in [0.15, 0.2) is 18.2 Å². The van der Waals surface area contributed by atoms with Crippen molar-refractivity contribution in [1.29, 1.82) is 0 Å². The van der Waals surface area contributed by atoms with E-state index < -0.39 is 5.97 Å². The van der Waals surface area contributed by atoms with Crippen LogP contribution in [0.5, 0.6) is 5.75 Å². The molecule has 0 aromatic heterocycles. The number of hydrogen-bond acceptors (Lipinski definition) is 3. The molecule has 1 fully saturated rings. The van der Waals surface area contributed by atoms with Crippen molar-refractivity contribution in [1.82, 2.24) is 4.90 Å². The summed E-state index contributed by atoms with van der Waals surface area (Å²) < 4.78 is 18.6. The molecule has 0 radical (unpaired) electrons. The highest BCUT2D eigenvalue weighted by Crippen LogP contribution is 2.27. The number of hydrogen-bond donors (Lipinski definition) is 1. The summed E-state index contributed by atoms with van der Waals surface area (Å²) in [4.78, 5) is 12.9. The molecule has 1 saturated carbocycles. The number of methoxy groups -OCH3 is 1. The topological polar surface area (TPSA) is 49.8 Å². The second-order valence-corrected chi connectivity index (χ2v) is 5.19. The van der Waals surface area contributed by atoms with Gasteiger partial charge in [-0.1, -0.05) is 12.8 Å². The van der Waals surface area contributed by atoms with Crippen LogP contribution in [-0.2, 0) is 11.3 Å². The first-order valence-electron chi connectivity index (χ1n) is 6.88. The summed E-state index contributed by atoms with van der Waals surface area (Å²) in [6, 6.07) is 4.61. The molecular weight excluding hydrogens is 261 g/mol. The molecule has 1 aromatic carbocycles. The standard InChI is InChI=1S/C15H20FNO3/c1-20-14-7-6-12(16)8-11(14)9-17(10-15(18)19)13-4-2-3-5-13/h6-8,13H,2-5,9-10H2,1H3,(H,18,19). The fourth-order valence-electron chi connectivity index (χ4n) is 2.85. The van der Waals surface area contributed by atoms with E-state index in [1.165, 1.54) is 19.2 Å². The molecule has 4 nitrogen and oxygen atoms in total. The highest BCUT2D eigenvalue weighted by atomic mass is 19.1. The van der Waals surface area contributed by atoms with Crippen LogP contribution < -0.4 is 4.74 Å². The molecule has 0 atom stereocenters. The van der Waals surface area contributed by atoms with E-state index in [0.717, 1.165) is 25.7 Å². The van der Waals surface area contributed by atoms with Gasteiger partial charge in [0, 0.05) is 18.2 Å². The van der Waals surface area contributed by atoms with Crippen LogP contribution in [0.25, 0.3) is 0 Å². The fourth-order valence-corrected chi connectivity index (χ4v) is 2.85. The van der Waals surface area contributed by atoms with Crippen LogP contribution in [0.1, 0.15) is 31.2 Å². The molecule has 20 heavy (non-hydrogen) atoms. The van der Waals surface area contributed by atoms with E-state index >= 15 is 0 Å². The van der Waals surface area contributed by atoms with E-state index in [1.807, 2.05) is 4.90 Å². The van der Waals surface area contributed by atoms with Gasteiger partial charge in [-0.25, -0.2) is 4.39 Å². The van der Waals surface area contributed by atoms with Crippen molar-refractivity contribution in [2.24, 2.45) is 0 Å². The van der Waals surface area contributed by atoms with Crippen LogP contribution in [0.2, 0.25) is 0 Å². The van der Waals surface area contributed by atoms with Crippen molar-refractivity contribution < 1.29 is 19.0 Å². The Morgan fingerprint density at radius 1 is 1.45 bits per heavy atom. The monoisotopic (exact) mass is 281 g/mol. The Bertz CT molecular complexity index is 472. The van der Waals surface area contributed by atoms with Crippen LogP contribution in [0, 0.1) is 5.82 Å². The van der Waals surface area contributed by atoms with Gasteiger partial charge >= 0.3 is 5.97 Å². The summed E-state index contributed by atoms with van der Waals surface area (Å²) in [6.45, 7) is 0.377. The summed E-state index contributed by atoms with van der Waals surface area (Å²) in [5.74, 6) is -0.588. The average Bonchev–Trinajstić information content (AvgIpc) is 2.91. The average molecular weight is 281 g/mol. The second-order valence-electron chi connectivity index (χ2n) is 5.19. The maximum atomic E-state index is 13.4. The van der Waals surface area contributed by atoms with Gasteiger partial charge in [-0.2, -0.15) is 0 Å². The SMILES string of the molecule is COc1ccc(F)cc1CN(CC(=O)O)C1CCCC1. The summed E-state index contributed by atoms with van der Waals surface area (Å²) in [7, 11) is 1.54. The van der Waals surface area contributed by atoms with Gasteiger partial charge in [-0.3, -0.25) is 9.69 Å². The van der Waals surface area contributed by atoms with Crippen molar-refractivity contribution in [2.45, 2.75) is 38.3 Å². The number of carboxylic acid groups (broad SMARTS) is 1. The van der Waals surface area contributed by atoms with Gasteiger partial charge in [0.1, 0.15) is 11.6 Å². The van der Waals surface area contributed by atoms with Crippen LogP contribution in [0.4, 0.5) is 4.39 Å². The van der Waals surface area contributed by atoms with Gasteiger partial charge < -0.3 is 9.84 Å². The molecule has 0 spiro atoms. The van der Waals surface area contributed by atoms with Gasteiger partial charge in [0.15, 0.2) is 0 Å². The van der Waals surface area contributed by atoms with E-state index in [2.05, 4.69) is 0 Å². The first-order valence-corrected chi connectivity index (χ1v) is 6.88. The van der Waals surface area contributed by atoms with Gasteiger partial charge in [0.25, 0.3) is 0 Å². The molecule has 0 heterocycles. The third-order valence-corrected chi connectivity index (χ3v) is 3.80. The molecule has 1 N–H and O–H groups in total. The van der Waals surface area contributed by atoms with Crippen molar-refractivity contribution in [3.8, 4) is 5.75 Å². The third-order valence-electron chi connectivity index (χ3n) is 3.80. The van der Waals surface area contributed by atoms with Gasteiger partial charge in [-0.05, 0) is 31.0 Å². The fraction of sp³-hybridized carbons (Fsp3) is 0.533. The number of aliphatic carboxylic acids is 1. The minimum atomic E-state index is -0.854. The van der Waals surface area contributed by atoms with Crippen molar-refractivity contribution in [3.63, 3.8) is 0 Å². The van der Waals surface area contributed by atoms with Gasteiger partial charge in [0.05, 0.1) is 13.7 Å². The summed E-state index contributed by atoms with van der Waals surface area (Å²) in [6.07, 6.45) is 4.26. The molecule has 0 saturated heterocycles. The smallest absolute Gasteiger partial charge is 0.317 e. The number of ether oxygens (including phenoxy) is 1. The van der Waals surface area contributed by atoms with Crippen LogP contribution >= 0.6 is 0 Å². The summed E-state index contributed by atoms with van der Waals surface area (Å²) >= 11 is 0. The van der Waals surface area contributed by atoms with Crippen molar-refractivity contribution in [2.75, 3.05) is 13.7 Å². The minimum Gasteiger partial charge on any atom is -0.496 e. The lowest BCUT2D eigenvalue weighted by Gasteiger charge is -2.27. The van der Waals surface area contributed by atoms with E-state index in [4.69, 9.17) is 9.84 Å². The minimum absolute atomic E-state index is 0.0235. The molecule has 110 valence electrons. The Hall–Kier alpha value is -1.62. The molecule has 1 aromatic rings. The Kier molecular flexibility index (Phi) is 4.95. The molecule has 0 bridgehead atoms. The van der Waals surface area contributed by atoms with Crippen molar-refractivity contribution >= 4 is 5.97 Å². The molecule has 0 unspecified atom stereocenters. The number of carbonyl (C=O) groups is 1. The van der Waals surface area contributed by atoms with E-state index in [-0.39, 0.29) is 18.4 Å². The highest BCUT2D eigenvalue weighted by Gasteiger charge is 2.25.